The van der Waals surface area contributed by atoms with Crippen LogP contribution in [0.2, 0.25) is 5.02 Å². The van der Waals surface area contributed by atoms with Crippen LogP contribution in [0.5, 0.6) is 0 Å². The number of amides is 2. The van der Waals surface area contributed by atoms with E-state index in [0.717, 1.165) is 18.2 Å². The predicted molar refractivity (Wildman–Crippen MR) is 126 cm³/mol. The summed E-state index contributed by atoms with van der Waals surface area (Å²) in [7, 11) is 3.22. The zero-order valence-electron chi connectivity index (χ0n) is 17.9. The maximum Gasteiger partial charge on any atom is 0.251 e. The number of halogens is 2. The van der Waals surface area contributed by atoms with E-state index in [0.29, 0.717) is 38.9 Å². The largest absolute Gasteiger partial charge is 0.359 e. The Morgan fingerprint density at radius 3 is 2.75 bits per heavy atom. The predicted octanol–water partition coefficient (Wildman–Crippen LogP) is 3.31. The van der Waals surface area contributed by atoms with Crippen molar-refractivity contribution in [1.82, 2.24) is 30.4 Å². The summed E-state index contributed by atoms with van der Waals surface area (Å²) in [6.07, 6.45) is 4.02. The van der Waals surface area contributed by atoms with E-state index in [4.69, 9.17) is 11.6 Å². The molecule has 1 aromatic carbocycles. The molecule has 2 heterocycles. The molecule has 1 fully saturated rings. The van der Waals surface area contributed by atoms with E-state index in [1.807, 2.05) is 6.92 Å². The summed E-state index contributed by atoms with van der Waals surface area (Å²) in [5.41, 5.74) is 1.18. The molecule has 2 atom stereocenters. The lowest BCUT2D eigenvalue weighted by Crippen LogP contribution is -2.35. The Hall–Kier alpha value is -2.72. The molecule has 11 heteroatoms. The van der Waals surface area contributed by atoms with Gasteiger partial charge in [0.1, 0.15) is 4.60 Å². The van der Waals surface area contributed by atoms with Crippen molar-refractivity contribution in [1.29, 1.82) is 0 Å². The van der Waals surface area contributed by atoms with Crippen molar-refractivity contribution in [3.8, 4) is 5.69 Å². The molecule has 0 saturated heterocycles. The van der Waals surface area contributed by atoms with Gasteiger partial charge in [-0.05, 0) is 53.4 Å². The third-order valence-corrected chi connectivity index (χ3v) is 6.65. The number of anilines is 1. The third-order valence-electron chi connectivity index (χ3n) is 5.85. The van der Waals surface area contributed by atoms with Crippen LogP contribution in [0.3, 0.4) is 0 Å². The van der Waals surface area contributed by atoms with Crippen LogP contribution in [-0.4, -0.2) is 51.7 Å². The fourth-order valence-corrected chi connectivity index (χ4v) is 4.81. The van der Waals surface area contributed by atoms with E-state index in [9.17, 15) is 9.59 Å². The van der Waals surface area contributed by atoms with Gasteiger partial charge in [-0.25, -0.2) is 9.67 Å². The first-order valence-corrected chi connectivity index (χ1v) is 11.3. The van der Waals surface area contributed by atoms with Crippen molar-refractivity contribution in [2.75, 3.05) is 19.4 Å². The minimum atomic E-state index is -0.404. The van der Waals surface area contributed by atoms with Crippen LogP contribution >= 0.6 is 27.5 Å². The zero-order chi connectivity index (χ0) is 23.0. The first kappa shape index (κ1) is 22.5. The number of nitrogens with zero attached hydrogens (tertiary/aromatic N) is 4. The Morgan fingerprint density at radius 2 is 2.03 bits per heavy atom. The smallest absolute Gasteiger partial charge is 0.251 e. The van der Waals surface area contributed by atoms with Crippen LogP contribution < -0.4 is 16.0 Å². The Balaban J connectivity index is 1.67. The molecule has 0 aliphatic heterocycles. The fraction of sp³-hybridized carbons (Fsp3) is 0.381. The van der Waals surface area contributed by atoms with Gasteiger partial charge in [-0.1, -0.05) is 18.5 Å². The average molecular weight is 521 g/mol. The first-order valence-electron chi connectivity index (χ1n) is 10.2. The minimum absolute atomic E-state index is 0.0491. The van der Waals surface area contributed by atoms with E-state index in [1.54, 1.807) is 43.2 Å². The Bertz CT molecular complexity index is 1210. The number of hydrogen-bond donors (Lipinski definition) is 3. The maximum atomic E-state index is 12.2. The standard InChI is InChI=1S/C21H23BrClN7O2/c1-21(19(32)25-3)5-4-13(9-21)27-20-26-10-15-16(22)29-30(17(15)28-20)14-7-11(18(31)24-2)6-12(23)8-14/h6-8,10,13H,4-5,9H2,1-3H3,(H,24,31)(H,25,32)(H,26,27,28)/t13-,21-/m1/s1. The monoisotopic (exact) mass is 519 g/mol. The van der Waals surface area contributed by atoms with Crippen LogP contribution in [0.1, 0.15) is 36.5 Å². The quantitative estimate of drug-likeness (QED) is 0.476. The van der Waals surface area contributed by atoms with Crippen molar-refractivity contribution < 1.29 is 9.59 Å². The molecule has 0 spiro atoms. The van der Waals surface area contributed by atoms with E-state index in [2.05, 4.69) is 46.9 Å². The summed E-state index contributed by atoms with van der Waals surface area (Å²) in [6, 6.07) is 5.09. The second-order valence-electron chi connectivity index (χ2n) is 8.13. The topological polar surface area (TPSA) is 114 Å². The Morgan fingerprint density at radius 1 is 1.25 bits per heavy atom. The molecule has 9 nitrogen and oxygen atoms in total. The molecule has 1 aliphatic carbocycles. The summed E-state index contributed by atoms with van der Waals surface area (Å²) < 4.78 is 2.20. The molecular formula is C21H23BrClN7O2. The Labute approximate surface area is 198 Å². The van der Waals surface area contributed by atoms with Gasteiger partial charge in [-0.3, -0.25) is 9.59 Å². The normalized spacial score (nSPS) is 20.3. The summed E-state index contributed by atoms with van der Waals surface area (Å²) in [5, 5.41) is 14.4. The number of hydrogen-bond acceptors (Lipinski definition) is 6. The molecule has 1 aliphatic rings. The summed E-state index contributed by atoms with van der Waals surface area (Å²) >= 11 is 9.71. The Kier molecular flexibility index (Phi) is 6.09. The van der Waals surface area contributed by atoms with E-state index in [1.165, 1.54) is 0 Å². The van der Waals surface area contributed by atoms with Crippen molar-refractivity contribution in [3.05, 3.63) is 39.6 Å². The average Bonchev–Trinajstić information content (AvgIpc) is 3.32. The molecule has 3 aromatic rings. The number of carbonyl (C=O) groups is 2. The van der Waals surface area contributed by atoms with Crippen LogP contribution in [0.25, 0.3) is 16.7 Å². The third kappa shape index (κ3) is 4.16. The van der Waals surface area contributed by atoms with Crippen molar-refractivity contribution >= 4 is 56.3 Å². The molecule has 3 N–H and O–H groups in total. The van der Waals surface area contributed by atoms with Crippen LogP contribution in [0.4, 0.5) is 5.95 Å². The second-order valence-corrected chi connectivity index (χ2v) is 9.32. The molecule has 1 saturated carbocycles. The van der Waals surface area contributed by atoms with Gasteiger partial charge in [0.05, 0.1) is 11.1 Å². The molecular weight excluding hydrogens is 498 g/mol. The highest BCUT2D eigenvalue weighted by Crippen LogP contribution is 2.39. The molecule has 168 valence electrons. The van der Waals surface area contributed by atoms with Gasteiger partial charge in [0.25, 0.3) is 5.91 Å². The van der Waals surface area contributed by atoms with Crippen LogP contribution in [0, 0.1) is 5.41 Å². The number of fused-ring (bicyclic) bond motifs is 1. The SMILES string of the molecule is CNC(=O)c1cc(Cl)cc(-n2nc(Br)c3cnc(N[C@@H]4CC[C@@](C)(C(=O)NC)C4)nc32)c1. The molecule has 4 rings (SSSR count). The second kappa shape index (κ2) is 8.67. The van der Waals surface area contributed by atoms with Gasteiger partial charge in [0, 0.05) is 42.3 Å². The lowest BCUT2D eigenvalue weighted by Gasteiger charge is -2.22. The molecule has 0 unspecified atom stereocenters. The van der Waals surface area contributed by atoms with Crippen LogP contribution in [0.15, 0.2) is 29.0 Å². The van der Waals surface area contributed by atoms with Gasteiger partial charge in [-0.2, -0.15) is 10.1 Å². The highest BCUT2D eigenvalue weighted by Gasteiger charge is 2.40. The number of carbonyl (C=O) groups excluding carboxylic acids is 2. The molecule has 32 heavy (non-hydrogen) atoms. The summed E-state index contributed by atoms with van der Waals surface area (Å²) in [6.45, 7) is 1.98. The van der Waals surface area contributed by atoms with Crippen molar-refractivity contribution in [3.63, 3.8) is 0 Å². The lowest BCUT2D eigenvalue weighted by molar-refractivity contribution is -0.129. The van der Waals surface area contributed by atoms with Crippen LogP contribution in [-0.2, 0) is 4.79 Å². The van der Waals surface area contributed by atoms with Gasteiger partial charge >= 0.3 is 0 Å². The minimum Gasteiger partial charge on any atom is -0.359 e. The fourth-order valence-electron chi connectivity index (χ4n) is 4.14. The molecule has 2 amide bonds. The first-order chi connectivity index (χ1) is 15.2. The maximum absolute atomic E-state index is 12.2. The van der Waals surface area contributed by atoms with Gasteiger partial charge in [-0.15, -0.1) is 0 Å². The number of aromatic nitrogens is 4. The summed E-state index contributed by atoms with van der Waals surface area (Å²) in [4.78, 5) is 33.4. The summed E-state index contributed by atoms with van der Waals surface area (Å²) in [5.74, 6) is 0.251. The van der Waals surface area contributed by atoms with E-state index >= 15 is 0 Å². The number of nitrogens with one attached hydrogen (secondary N) is 3. The van der Waals surface area contributed by atoms with Gasteiger partial charge in [0.2, 0.25) is 11.9 Å². The van der Waals surface area contributed by atoms with Gasteiger partial charge in [0.15, 0.2) is 5.65 Å². The number of benzene rings is 1. The van der Waals surface area contributed by atoms with E-state index in [-0.39, 0.29) is 17.9 Å². The molecule has 0 radical (unpaired) electrons. The molecule has 2 aromatic heterocycles. The van der Waals surface area contributed by atoms with Crippen molar-refractivity contribution in [2.45, 2.75) is 32.2 Å². The highest BCUT2D eigenvalue weighted by atomic mass is 79.9. The molecule has 0 bridgehead atoms. The van der Waals surface area contributed by atoms with E-state index < -0.39 is 5.41 Å². The zero-order valence-corrected chi connectivity index (χ0v) is 20.2. The lowest BCUT2D eigenvalue weighted by atomic mass is 9.87. The highest BCUT2D eigenvalue weighted by molar-refractivity contribution is 9.10. The van der Waals surface area contributed by atoms with Crippen molar-refractivity contribution in [2.24, 2.45) is 5.41 Å². The number of rotatable bonds is 5. The van der Waals surface area contributed by atoms with Gasteiger partial charge < -0.3 is 16.0 Å².